The second-order valence-electron chi connectivity index (χ2n) is 5.46. The highest BCUT2D eigenvalue weighted by atomic mass is 19.1. The Labute approximate surface area is 122 Å². The summed E-state index contributed by atoms with van der Waals surface area (Å²) in [5, 5.41) is 11.7. The first-order chi connectivity index (χ1) is 9.90. The largest absolute Gasteiger partial charge is 0.478 e. The molecule has 0 aromatic heterocycles. The van der Waals surface area contributed by atoms with E-state index in [1.165, 1.54) is 6.07 Å². The van der Waals surface area contributed by atoms with Crippen molar-refractivity contribution in [2.75, 3.05) is 5.32 Å². The molecule has 6 heteroatoms. The summed E-state index contributed by atoms with van der Waals surface area (Å²) >= 11 is 0. The van der Waals surface area contributed by atoms with Crippen molar-refractivity contribution in [1.29, 1.82) is 0 Å². The zero-order chi connectivity index (χ0) is 15.6. The van der Waals surface area contributed by atoms with E-state index in [2.05, 4.69) is 5.32 Å². The molecule has 1 saturated heterocycles. The molecule has 21 heavy (non-hydrogen) atoms. The van der Waals surface area contributed by atoms with Gasteiger partial charge in [-0.25, -0.2) is 14.0 Å². The van der Waals surface area contributed by atoms with E-state index in [0.717, 1.165) is 31.4 Å². The van der Waals surface area contributed by atoms with Crippen LogP contribution in [0, 0.1) is 5.82 Å². The molecule has 114 valence electrons. The zero-order valence-electron chi connectivity index (χ0n) is 12.1. The SMILES string of the molecule is CC1CCCC(C)N1C(=O)Nc1ccc(F)cc1C(=O)O. The molecule has 1 aliphatic heterocycles. The van der Waals surface area contributed by atoms with Crippen LogP contribution in [0.25, 0.3) is 0 Å². The Kier molecular flexibility index (Phi) is 4.45. The second-order valence-corrected chi connectivity index (χ2v) is 5.46. The molecule has 2 atom stereocenters. The van der Waals surface area contributed by atoms with Crippen molar-refractivity contribution in [3.05, 3.63) is 29.6 Å². The van der Waals surface area contributed by atoms with Crippen molar-refractivity contribution < 1.29 is 19.1 Å². The van der Waals surface area contributed by atoms with Gasteiger partial charge in [0.15, 0.2) is 0 Å². The summed E-state index contributed by atoms with van der Waals surface area (Å²) in [6.07, 6.45) is 2.92. The number of nitrogens with zero attached hydrogens (tertiary/aromatic N) is 1. The van der Waals surface area contributed by atoms with Crippen molar-refractivity contribution in [2.24, 2.45) is 0 Å². The highest BCUT2D eigenvalue weighted by Gasteiger charge is 2.29. The number of aromatic carboxylic acids is 1. The van der Waals surface area contributed by atoms with Crippen LogP contribution in [-0.4, -0.2) is 34.1 Å². The van der Waals surface area contributed by atoms with Crippen LogP contribution < -0.4 is 5.32 Å². The van der Waals surface area contributed by atoms with Crippen LogP contribution in [0.2, 0.25) is 0 Å². The topological polar surface area (TPSA) is 69.6 Å². The van der Waals surface area contributed by atoms with Crippen LogP contribution in [0.5, 0.6) is 0 Å². The molecule has 1 heterocycles. The molecule has 0 radical (unpaired) electrons. The van der Waals surface area contributed by atoms with Gasteiger partial charge in [-0.15, -0.1) is 0 Å². The number of nitrogens with one attached hydrogen (secondary N) is 1. The van der Waals surface area contributed by atoms with Gasteiger partial charge in [0.1, 0.15) is 5.82 Å². The first kappa shape index (κ1) is 15.3. The van der Waals surface area contributed by atoms with Gasteiger partial charge in [0.25, 0.3) is 0 Å². The molecule has 1 fully saturated rings. The van der Waals surface area contributed by atoms with Gasteiger partial charge in [-0.3, -0.25) is 0 Å². The van der Waals surface area contributed by atoms with E-state index < -0.39 is 11.8 Å². The fraction of sp³-hybridized carbons (Fsp3) is 0.467. The van der Waals surface area contributed by atoms with Crippen LogP contribution in [0.4, 0.5) is 14.9 Å². The number of rotatable bonds is 2. The lowest BCUT2D eigenvalue weighted by atomic mass is 9.98. The van der Waals surface area contributed by atoms with Gasteiger partial charge in [0.2, 0.25) is 0 Å². The molecule has 0 aliphatic carbocycles. The van der Waals surface area contributed by atoms with Gasteiger partial charge >= 0.3 is 12.0 Å². The maximum absolute atomic E-state index is 13.1. The van der Waals surface area contributed by atoms with Crippen LogP contribution in [0.1, 0.15) is 43.5 Å². The monoisotopic (exact) mass is 294 g/mol. The molecule has 2 rings (SSSR count). The number of carbonyl (C=O) groups is 2. The third-order valence-electron chi connectivity index (χ3n) is 3.88. The average molecular weight is 294 g/mol. The van der Waals surface area contributed by atoms with Crippen LogP contribution >= 0.6 is 0 Å². The molecule has 5 nitrogen and oxygen atoms in total. The molecular weight excluding hydrogens is 275 g/mol. The third-order valence-corrected chi connectivity index (χ3v) is 3.88. The average Bonchev–Trinajstić information content (AvgIpc) is 2.40. The molecule has 0 saturated carbocycles. The number of hydrogen-bond donors (Lipinski definition) is 2. The maximum atomic E-state index is 13.1. The highest BCUT2D eigenvalue weighted by molar-refractivity contribution is 6.00. The smallest absolute Gasteiger partial charge is 0.337 e. The van der Waals surface area contributed by atoms with E-state index in [1.807, 2.05) is 13.8 Å². The third kappa shape index (κ3) is 3.32. The number of carboxylic acids is 1. The predicted molar refractivity (Wildman–Crippen MR) is 77.0 cm³/mol. The molecule has 0 spiro atoms. The highest BCUT2D eigenvalue weighted by Crippen LogP contribution is 2.24. The van der Waals surface area contributed by atoms with Gasteiger partial charge in [0, 0.05) is 12.1 Å². The molecule has 2 N–H and O–H groups in total. The normalized spacial score (nSPS) is 22.0. The van der Waals surface area contributed by atoms with E-state index in [1.54, 1.807) is 4.90 Å². The lowest BCUT2D eigenvalue weighted by molar-refractivity contribution is 0.0697. The Hall–Kier alpha value is -2.11. The summed E-state index contributed by atoms with van der Waals surface area (Å²) in [6, 6.07) is 3.16. The number of urea groups is 1. The van der Waals surface area contributed by atoms with E-state index in [0.29, 0.717) is 0 Å². The number of hydrogen-bond acceptors (Lipinski definition) is 2. The Balaban J connectivity index is 2.21. The number of piperidine rings is 1. The lowest BCUT2D eigenvalue weighted by Gasteiger charge is -2.38. The number of carbonyl (C=O) groups excluding carboxylic acids is 1. The number of carboxylic acid groups (broad SMARTS) is 1. The van der Waals surface area contributed by atoms with Crippen LogP contribution in [0.3, 0.4) is 0 Å². The summed E-state index contributed by atoms with van der Waals surface area (Å²) in [5.41, 5.74) is -0.139. The minimum Gasteiger partial charge on any atom is -0.478 e. The quantitative estimate of drug-likeness (QED) is 0.879. The molecule has 1 aromatic carbocycles. The number of anilines is 1. The molecule has 1 aromatic rings. The van der Waals surface area contributed by atoms with Gasteiger partial charge < -0.3 is 15.3 Å². The summed E-state index contributed by atoms with van der Waals surface area (Å²) in [4.78, 5) is 25.2. The molecular formula is C15H19FN2O3. The number of likely N-dealkylation sites (tertiary alicyclic amines) is 1. The Morgan fingerprint density at radius 3 is 2.48 bits per heavy atom. The minimum atomic E-state index is -1.27. The fourth-order valence-corrected chi connectivity index (χ4v) is 2.80. The van der Waals surface area contributed by atoms with Crippen molar-refractivity contribution in [3.63, 3.8) is 0 Å². The molecule has 1 aliphatic rings. The van der Waals surface area contributed by atoms with E-state index >= 15 is 0 Å². The van der Waals surface area contributed by atoms with Crippen molar-refractivity contribution in [3.8, 4) is 0 Å². The molecule has 0 bridgehead atoms. The van der Waals surface area contributed by atoms with Crippen LogP contribution in [-0.2, 0) is 0 Å². The minimum absolute atomic E-state index is 0.0995. The summed E-state index contributed by atoms with van der Waals surface area (Å²) in [7, 11) is 0. The van der Waals surface area contributed by atoms with Crippen molar-refractivity contribution in [1.82, 2.24) is 4.90 Å². The maximum Gasteiger partial charge on any atom is 0.337 e. The van der Waals surface area contributed by atoms with Gasteiger partial charge in [0.05, 0.1) is 11.3 Å². The number of amides is 2. The molecule has 2 unspecified atom stereocenters. The standard InChI is InChI=1S/C15H19FN2O3/c1-9-4-3-5-10(2)18(9)15(21)17-13-7-6-11(16)8-12(13)14(19)20/h6-10H,3-5H2,1-2H3,(H,17,21)(H,19,20). The van der Waals surface area contributed by atoms with Gasteiger partial charge in [-0.2, -0.15) is 0 Å². The van der Waals surface area contributed by atoms with Crippen molar-refractivity contribution >= 4 is 17.7 Å². The Morgan fingerprint density at radius 1 is 1.29 bits per heavy atom. The van der Waals surface area contributed by atoms with Gasteiger partial charge in [-0.05, 0) is 51.3 Å². The first-order valence-corrected chi connectivity index (χ1v) is 7.02. The fourth-order valence-electron chi connectivity index (χ4n) is 2.80. The molecule has 2 amide bonds. The zero-order valence-corrected chi connectivity index (χ0v) is 12.1. The Morgan fingerprint density at radius 2 is 1.90 bits per heavy atom. The van der Waals surface area contributed by atoms with Gasteiger partial charge in [-0.1, -0.05) is 0 Å². The second kappa shape index (κ2) is 6.11. The summed E-state index contributed by atoms with van der Waals surface area (Å²) < 4.78 is 13.1. The van der Waals surface area contributed by atoms with E-state index in [-0.39, 0.29) is 29.4 Å². The first-order valence-electron chi connectivity index (χ1n) is 7.02. The van der Waals surface area contributed by atoms with E-state index in [9.17, 15) is 14.0 Å². The Bertz CT molecular complexity index is 552. The number of benzene rings is 1. The van der Waals surface area contributed by atoms with E-state index in [4.69, 9.17) is 5.11 Å². The summed E-state index contributed by atoms with van der Waals surface area (Å²) in [5.74, 6) is -1.92. The number of halogens is 1. The van der Waals surface area contributed by atoms with Crippen LogP contribution in [0.15, 0.2) is 18.2 Å². The summed E-state index contributed by atoms with van der Waals surface area (Å²) in [6.45, 7) is 3.94. The predicted octanol–water partition coefficient (Wildman–Crippen LogP) is 3.32. The van der Waals surface area contributed by atoms with Crippen molar-refractivity contribution in [2.45, 2.75) is 45.2 Å². The lowest BCUT2D eigenvalue weighted by Crippen LogP contribution is -2.49.